The molecule has 1 saturated carbocycles. The van der Waals surface area contributed by atoms with E-state index in [1.807, 2.05) is 0 Å². The minimum atomic E-state index is -0.314. The molecule has 1 aromatic carbocycles. The lowest BCUT2D eigenvalue weighted by atomic mass is 10.2. The van der Waals surface area contributed by atoms with Crippen LogP contribution in [0.4, 0.5) is 10.1 Å². The van der Waals surface area contributed by atoms with Crippen LogP contribution in [0.25, 0.3) is 0 Å². The van der Waals surface area contributed by atoms with Crippen molar-refractivity contribution in [3.05, 3.63) is 56.7 Å². The highest BCUT2D eigenvalue weighted by atomic mass is 79.9. The van der Waals surface area contributed by atoms with Crippen molar-refractivity contribution in [3.63, 3.8) is 0 Å². The monoisotopic (exact) mass is 351 g/mol. The smallest absolute Gasteiger partial charge is 0.269 e. The van der Waals surface area contributed by atoms with Gasteiger partial charge in [0.2, 0.25) is 0 Å². The van der Waals surface area contributed by atoms with E-state index in [4.69, 9.17) is 0 Å². The van der Waals surface area contributed by atoms with Crippen LogP contribution in [0.5, 0.6) is 0 Å². The van der Waals surface area contributed by atoms with E-state index in [0.29, 0.717) is 11.0 Å². The zero-order valence-electron chi connectivity index (χ0n) is 11.4. The molecule has 0 unspecified atom stereocenters. The summed E-state index contributed by atoms with van der Waals surface area (Å²) in [5.74, 6) is 0.424. The third kappa shape index (κ3) is 3.69. The van der Waals surface area contributed by atoms with Gasteiger partial charge in [-0.25, -0.2) is 9.07 Å². The van der Waals surface area contributed by atoms with Gasteiger partial charge in [-0.2, -0.15) is 5.10 Å². The fourth-order valence-corrected chi connectivity index (χ4v) is 2.52. The molecule has 1 aliphatic carbocycles. The van der Waals surface area contributed by atoms with Crippen molar-refractivity contribution in [2.75, 3.05) is 11.9 Å². The summed E-state index contributed by atoms with van der Waals surface area (Å²) < 4.78 is 15.0. The molecule has 1 aliphatic rings. The predicted molar refractivity (Wildman–Crippen MR) is 82.9 cm³/mol. The van der Waals surface area contributed by atoms with Gasteiger partial charge in [0.1, 0.15) is 5.82 Å². The fraction of sp³-hybridized carbons (Fsp3) is 0.333. The van der Waals surface area contributed by atoms with Gasteiger partial charge in [0.25, 0.3) is 5.56 Å². The molecule has 21 heavy (non-hydrogen) atoms. The van der Waals surface area contributed by atoms with Crippen LogP contribution in [-0.4, -0.2) is 16.3 Å². The first-order chi connectivity index (χ1) is 10.1. The van der Waals surface area contributed by atoms with E-state index < -0.39 is 0 Å². The summed E-state index contributed by atoms with van der Waals surface area (Å²) in [5, 5.41) is 7.39. The SMILES string of the molecule is O=c1cc(NCC2CC2)cnn1Cc1ccc(F)cc1Br. The lowest BCUT2D eigenvalue weighted by Crippen LogP contribution is -2.23. The van der Waals surface area contributed by atoms with Crippen LogP contribution in [-0.2, 0) is 6.54 Å². The third-order valence-corrected chi connectivity index (χ3v) is 4.23. The Balaban J connectivity index is 1.74. The number of anilines is 1. The van der Waals surface area contributed by atoms with Crippen molar-refractivity contribution in [1.29, 1.82) is 0 Å². The number of hydrogen-bond acceptors (Lipinski definition) is 3. The summed E-state index contributed by atoms with van der Waals surface area (Å²) in [4.78, 5) is 12.1. The maximum Gasteiger partial charge on any atom is 0.269 e. The highest BCUT2D eigenvalue weighted by molar-refractivity contribution is 9.10. The van der Waals surface area contributed by atoms with Gasteiger partial charge in [0, 0.05) is 17.1 Å². The van der Waals surface area contributed by atoms with Crippen molar-refractivity contribution in [2.24, 2.45) is 5.92 Å². The first kappa shape index (κ1) is 14.3. The molecule has 0 atom stereocenters. The largest absolute Gasteiger partial charge is 0.383 e. The zero-order chi connectivity index (χ0) is 14.8. The molecular weight excluding hydrogens is 337 g/mol. The Labute approximate surface area is 130 Å². The molecule has 1 fully saturated rings. The maximum atomic E-state index is 13.1. The highest BCUT2D eigenvalue weighted by Gasteiger charge is 2.20. The molecule has 1 N–H and O–H groups in total. The van der Waals surface area contributed by atoms with Gasteiger partial charge < -0.3 is 5.32 Å². The molecule has 0 radical (unpaired) electrons. The van der Waals surface area contributed by atoms with Gasteiger partial charge in [0.15, 0.2) is 0 Å². The van der Waals surface area contributed by atoms with Crippen molar-refractivity contribution in [2.45, 2.75) is 19.4 Å². The van der Waals surface area contributed by atoms with Crippen molar-refractivity contribution in [3.8, 4) is 0 Å². The third-order valence-electron chi connectivity index (χ3n) is 3.50. The molecule has 0 bridgehead atoms. The quantitative estimate of drug-likeness (QED) is 0.900. The normalized spacial score (nSPS) is 14.2. The number of rotatable bonds is 5. The Bertz CT molecular complexity index is 712. The van der Waals surface area contributed by atoms with Gasteiger partial charge >= 0.3 is 0 Å². The number of benzene rings is 1. The summed E-state index contributed by atoms with van der Waals surface area (Å²) >= 11 is 3.30. The second-order valence-electron chi connectivity index (χ2n) is 5.30. The Morgan fingerprint density at radius 2 is 2.19 bits per heavy atom. The van der Waals surface area contributed by atoms with E-state index in [1.54, 1.807) is 18.3 Å². The Hall–Kier alpha value is -1.69. The summed E-state index contributed by atoms with van der Waals surface area (Å²) in [7, 11) is 0. The van der Waals surface area contributed by atoms with Crippen LogP contribution >= 0.6 is 15.9 Å². The van der Waals surface area contributed by atoms with Crippen molar-refractivity contribution >= 4 is 21.6 Å². The number of nitrogens with one attached hydrogen (secondary N) is 1. The van der Waals surface area contributed by atoms with E-state index in [-0.39, 0.29) is 11.4 Å². The molecule has 110 valence electrons. The topological polar surface area (TPSA) is 46.9 Å². The summed E-state index contributed by atoms with van der Waals surface area (Å²) in [6, 6.07) is 5.95. The molecule has 1 aromatic heterocycles. The summed E-state index contributed by atoms with van der Waals surface area (Å²) in [5.41, 5.74) is 1.39. The van der Waals surface area contributed by atoms with Crippen LogP contribution in [0.3, 0.4) is 0 Å². The minimum Gasteiger partial charge on any atom is -0.383 e. The standard InChI is InChI=1S/C15H15BrFN3O/c16-14-5-12(17)4-3-11(14)9-20-15(21)6-13(8-19-20)18-7-10-1-2-10/h3-6,8,10,18H,1-2,7,9H2. The van der Waals surface area contributed by atoms with Crippen LogP contribution in [0.1, 0.15) is 18.4 Å². The average Bonchev–Trinajstić information content (AvgIpc) is 3.26. The molecule has 3 rings (SSSR count). The van der Waals surface area contributed by atoms with Gasteiger partial charge in [-0.05, 0) is 36.5 Å². The predicted octanol–water partition coefficient (Wildman–Crippen LogP) is 3.02. The van der Waals surface area contributed by atoms with Crippen LogP contribution in [0.2, 0.25) is 0 Å². The Morgan fingerprint density at radius 1 is 1.38 bits per heavy atom. The van der Waals surface area contributed by atoms with E-state index >= 15 is 0 Å². The first-order valence-corrected chi connectivity index (χ1v) is 7.66. The molecule has 1 heterocycles. The van der Waals surface area contributed by atoms with Crippen molar-refractivity contribution < 1.29 is 4.39 Å². The van der Waals surface area contributed by atoms with Crippen LogP contribution in [0.15, 0.2) is 39.7 Å². The number of aromatic nitrogens is 2. The molecule has 2 aromatic rings. The van der Waals surface area contributed by atoms with Crippen molar-refractivity contribution in [1.82, 2.24) is 9.78 Å². The molecule has 0 spiro atoms. The van der Waals surface area contributed by atoms with Gasteiger partial charge in [0.05, 0.1) is 18.4 Å². The van der Waals surface area contributed by atoms with E-state index in [1.165, 1.54) is 29.7 Å². The van der Waals surface area contributed by atoms with Crippen LogP contribution < -0.4 is 10.9 Å². The van der Waals surface area contributed by atoms with Gasteiger partial charge in [-0.3, -0.25) is 4.79 Å². The number of halogens is 2. The molecule has 0 aliphatic heterocycles. The molecule has 4 nitrogen and oxygen atoms in total. The Kier molecular flexibility index (Phi) is 4.05. The van der Waals surface area contributed by atoms with E-state index in [2.05, 4.69) is 26.3 Å². The Morgan fingerprint density at radius 3 is 2.86 bits per heavy atom. The first-order valence-electron chi connectivity index (χ1n) is 6.87. The average molecular weight is 352 g/mol. The van der Waals surface area contributed by atoms with Gasteiger partial charge in [-0.1, -0.05) is 22.0 Å². The lowest BCUT2D eigenvalue weighted by molar-refractivity contribution is 0.617. The summed E-state index contributed by atoms with van der Waals surface area (Å²) in [6.45, 7) is 1.21. The second kappa shape index (κ2) is 5.97. The molecular formula is C15H15BrFN3O. The second-order valence-corrected chi connectivity index (χ2v) is 6.15. The maximum absolute atomic E-state index is 13.1. The van der Waals surface area contributed by atoms with E-state index in [9.17, 15) is 9.18 Å². The fourth-order valence-electron chi connectivity index (χ4n) is 2.04. The minimum absolute atomic E-state index is 0.174. The number of hydrogen-bond donors (Lipinski definition) is 1. The zero-order valence-corrected chi connectivity index (χ0v) is 12.9. The molecule has 0 saturated heterocycles. The number of nitrogens with zero attached hydrogens (tertiary/aromatic N) is 2. The molecule has 0 amide bonds. The van der Waals surface area contributed by atoms with Gasteiger partial charge in [-0.15, -0.1) is 0 Å². The lowest BCUT2D eigenvalue weighted by Gasteiger charge is -2.09. The van der Waals surface area contributed by atoms with E-state index in [0.717, 1.165) is 23.7 Å². The summed E-state index contributed by atoms with van der Waals surface area (Å²) in [6.07, 6.45) is 4.17. The van der Waals surface area contributed by atoms with Crippen LogP contribution in [0, 0.1) is 11.7 Å². The highest BCUT2D eigenvalue weighted by Crippen LogP contribution is 2.28. The molecule has 6 heteroatoms.